The van der Waals surface area contributed by atoms with Gasteiger partial charge in [-0.05, 0) is 18.1 Å². The number of aromatic nitrogens is 3. The van der Waals surface area contributed by atoms with Gasteiger partial charge >= 0.3 is 11.7 Å². The maximum Gasteiger partial charge on any atom is 0.350 e. The second-order valence-corrected chi connectivity index (χ2v) is 5.46. The molecule has 0 fully saturated rings. The van der Waals surface area contributed by atoms with Crippen LogP contribution in [0.2, 0.25) is 0 Å². The molecule has 114 valence electrons. The Hall–Kier alpha value is -2.15. The van der Waals surface area contributed by atoms with Crippen molar-refractivity contribution in [2.24, 2.45) is 5.92 Å². The molecule has 0 unspecified atom stereocenters. The highest BCUT2D eigenvalue weighted by Crippen LogP contribution is 2.00. The molecule has 0 spiro atoms. The Morgan fingerprint density at radius 2 is 2.19 bits per heavy atom. The minimum atomic E-state index is -0.863. The number of nitrogens with zero attached hydrogens (tertiary/aromatic N) is 4. The van der Waals surface area contributed by atoms with Gasteiger partial charge in [-0.1, -0.05) is 19.9 Å². The Morgan fingerprint density at radius 1 is 1.43 bits per heavy atom. The molecular weight excluding hydrogens is 272 g/mol. The first kappa shape index (κ1) is 15.2. The van der Waals surface area contributed by atoms with E-state index in [0.29, 0.717) is 31.2 Å². The molecule has 0 aliphatic carbocycles. The minimum Gasteiger partial charge on any atom is -0.480 e. The Bertz CT molecular complexity index is 674. The third kappa shape index (κ3) is 3.91. The van der Waals surface area contributed by atoms with Crippen LogP contribution >= 0.6 is 0 Å². The number of pyridine rings is 1. The van der Waals surface area contributed by atoms with Crippen molar-refractivity contribution in [1.29, 1.82) is 0 Å². The van der Waals surface area contributed by atoms with Crippen LogP contribution in [0.25, 0.3) is 5.65 Å². The molecule has 0 radical (unpaired) electrons. The number of carboxylic acids is 1. The van der Waals surface area contributed by atoms with Crippen LogP contribution in [-0.4, -0.2) is 49.8 Å². The van der Waals surface area contributed by atoms with Gasteiger partial charge in [-0.25, -0.2) is 9.48 Å². The van der Waals surface area contributed by atoms with E-state index in [1.807, 2.05) is 24.8 Å². The van der Waals surface area contributed by atoms with Gasteiger partial charge in [-0.15, -0.1) is 5.10 Å². The summed E-state index contributed by atoms with van der Waals surface area (Å²) in [4.78, 5) is 24.8. The Kier molecular flexibility index (Phi) is 4.74. The minimum absolute atomic E-state index is 0.0275. The molecule has 7 nitrogen and oxygen atoms in total. The van der Waals surface area contributed by atoms with Gasteiger partial charge in [0, 0.05) is 19.3 Å². The normalized spacial score (nSPS) is 11.6. The summed E-state index contributed by atoms with van der Waals surface area (Å²) in [5.74, 6) is -0.500. The number of aliphatic carboxylic acids is 1. The van der Waals surface area contributed by atoms with Gasteiger partial charge in [0.1, 0.15) is 0 Å². The number of hydrogen-bond donors (Lipinski definition) is 1. The zero-order valence-corrected chi connectivity index (χ0v) is 12.3. The first-order valence-electron chi connectivity index (χ1n) is 6.95. The summed E-state index contributed by atoms with van der Waals surface area (Å²) in [5.41, 5.74) is 0.390. The number of carbonyl (C=O) groups is 1. The molecule has 2 rings (SSSR count). The molecule has 1 N–H and O–H groups in total. The van der Waals surface area contributed by atoms with Crippen molar-refractivity contribution in [3.63, 3.8) is 0 Å². The van der Waals surface area contributed by atoms with Crippen molar-refractivity contribution in [1.82, 2.24) is 19.1 Å². The highest BCUT2D eigenvalue weighted by atomic mass is 16.4. The second kappa shape index (κ2) is 6.53. The monoisotopic (exact) mass is 292 g/mol. The van der Waals surface area contributed by atoms with Gasteiger partial charge in [0.15, 0.2) is 5.65 Å². The van der Waals surface area contributed by atoms with Crippen molar-refractivity contribution in [3.05, 3.63) is 34.9 Å². The summed E-state index contributed by atoms with van der Waals surface area (Å²) >= 11 is 0. The molecule has 0 amide bonds. The fraction of sp³-hybridized carbons (Fsp3) is 0.500. The first-order valence-corrected chi connectivity index (χ1v) is 6.95. The average molecular weight is 292 g/mol. The van der Waals surface area contributed by atoms with E-state index >= 15 is 0 Å². The van der Waals surface area contributed by atoms with Gasteiger partial charge in [-0.2, -0.15) is 0 Å². The predicted molar refractivity (Wildman–Crippen MR) is 78.4 cm³/mol. The number of rotatable bonds is 7. The molecule has 0 aromatic carbocycles. The molecule has 0 saturated heterocycles. The van der Waals surface area contributed by atoms with Crippen LogP contribution < -0.4 is 5.69 Å². The topological polar surface area (TPSA) is 79.8 Å². The molecule has 2 aromatic heterocycles. The van der Waals surface area contributed by atoms with Gasteiger partial charge < -0.3 is 5.11 Å². The van der Waals surface area contributed by atoms with Gasteiger partial charge in [0.2, 0.25) is 0 Å². The van der Waals surface area contributed by atoms with E-state index in [2.05, 4.69) is 5.10 Å². The van der Waals surface area contributed by atoms with Crippen LogP contribution in [0.3, 0.4) is 0 Å². The van der Waals surface area contributed by atoms with Crippen molar-refractivity contribution < 1.29 is 9.90 Å². The highest BCUT2D eigenvalue weighted by Gasteiger charge is 2.13. The van der Waals surface area contributed by atoms with E-state index in [4.69, 9.17) is 5.11 Å². The summed E-state index contributed by atoms with van der Waals surface area (Å²) in [6.45, 7) is 5.57. The van der Waals surface area contributed by atoms with Crippen molar-refractivity contribution >= 4 is 11.6 Å². The van der Waals surface area contributed by atoms with E-state index in [1.54, 1.807) is 18.3 Å². The first-order chi connectivity index (χ1) is 9.97. The molecule has 21 heavy (non-hydrogen) atoms. The van der Waals surface area contributed by atoms with E-state index in [0.717, 1.165) is 0 Å². The van der Waals surface area contributed by atoms with Crippen molar-refractivity contribution in [3.8, 4) is 0 Å². The van der Waals surface area contributed by atoms with Crippen LogP contribution in [-0.2, 0) is 11.3 Å². The molecule has 0 saturated carbocycles. The molecular formula is C14H20N4O3. The lowest BCUT2D eigenvalue weighted by atomic mass is 10.2. The number of carboxylic acid groups (broad SMARTS) is 1. The third-order valence-electron chi connectivity index (χ3n) is 3.10. The summed E-state index contributed by atoms with van der Waals surface area (Å²) < 4.78 is 2.86. The molecule has 2 heterocycles. The standard InChI is InChI=1S/C14H20N4O3/c1-11(2)9-16(10-13(19)20)7-8-18-14(21)17-6-4-3-5-12(17)15-18/h3-6,11H,7-10H2,1-2H3,(H,19,20). The van der Waals surface area contributed by atoms with Gasteiger partial charge in [0.25, 0.3) is 0 Å². The predicted octanol–water partition coefficient (Wildman–Crippen LogP) is 0.539. The summed E-state index contributed by atoms with van der Waals surface area (Å²) in [7, 11) is 0. The molecule has 7 heteroatoms. The zero-order valence-electron chi connectivity index (χ0n) is 12.3. The fourth-order valence-corrected chi connectivity index (χ4v) is 2.29. The summed E-state index contributed by atoms with van der Waals surface area (Å²) in [6.07, 6.45) is 1.67. The van der Waals surface area contributed by atoms with Crippen molar-refractivity contribution in [2.45, 2.75) is 20.4 Å². The smallest absolute Gasteiger partial charge is 0.350 e. The maximum atomic E-state index is 12.1. The van der Waals surface area contributed by atoms with Crippen LogP contribution in [0.4, 0.5) is 0 Å². The Morgan fingerprint density at radius 3 is 2.81 bits per heavy atom. The van der Waals surface area contributed by atoms with Crippen LogP contribution in [0.5, 0.6) is 0 Å². The third-order valence-corrected chi connectivity index (χ3v) is 3.10. The van der Waals surface area contributed by atoms with E-state index in [-0.39, 0.29) is 12.2 Å². The van der Waals surface area contributed by atoms with Gasteiger partial charge in [-0.3, -0.25) is 14.1 Å². The number of hydrogen-bond acceptors (Lipinski definition) is 4. The zero-order chi connectivity index (χ0) is 15.4. The molecule has 0 aliphatic rings. The summed E-state index contributed by atoms with van der Waals surface area (Å²) in [5, 5.41) is 13.2. The van der Waals surface area contributed by atoms with E-state index < -0.39 is 5.97 Å². The summed E-state index contributed by atoms with van der Waals surface area (Å²) in [6, 6.07) is 5.36. The molecule has 0 aliphatic heterocycles. The fourth-order valence-electron chi connectivity index (χ4n) is 2.29. The number of fused-ring (bicyclic) bond motifs is 1. The SMILES string of the molecule is CC(C)CN(CCn1nc2ccccn2c1=O)CC(=O)O. The van der Waals surface area contributed by atoms with Gasteiger partial charge in [0.05, 0.1) is 13.1 Å². The molecule has 2 aromatic rings. The van der Waals surface area contributed by atoms with E-state index in [1.165, 1.54) is 9.08 Å². The van der Waals surface area contributed by atoms with Crippen LogP contribution in [0.1, 0.15) is 13.8 Å². The quantitative estimate of drug-likeness (QED) is 0.805. The highest BCUT2D eigenvalue weighted by molar-refractivity contribution is 5.69. The molecule has 0 bridgehead atoms. The van der Waals surface area contributed by atoms with Crippen LogP contribution in [0, 0.1) is 5.92 Å². The molecule has 0 atom stereocenters. The largest absolute Gasteiger partial charge is 0.480 e. The Labute approximate surface area is 122 Å². The van der Waals surface area contributed by atoms with Crippen LogP contribution in [0.15, 0.2) is 29.2 Å². The lowest BCUT2D eigenvalue weighted by Crippen LogP contribution is -2.37. The van der Waals surface area contributed by atoms with E-state index in [9.17, 15) is 9.59 Å². The average Bonchev–Trinajstić information content (AvgIpc) is 2.72. The second-order valence-electron chi connectivity index (χ2n) is 5.46. The lowest BCUT2D eigenvalue weighted by molar-refractivity contribution is -0.138. The Balaban J connectivity index is 2.09. The maximum absolute atomic E-state index is 12.1. The lowest BCUT2D eigenvalue weighted by Gasteiger charge is -2.21. The van der Waals surface area contributed by atoms with Crippen molar-refractivity contribution in [2.75, 3.05) is 19.6 Å².